The maximum Gasteiger partial charge on any atom is 0.360 e. The van der Waals surface area contributed by atoms with Gasteiger partial charge in [0.25, 0.3) is 11.5 Å². The standard InChI is InChI=1S/C18H17FN4O2.C12H13N3O2.C10H7ClN2O3.C9H8N2O.2C2H6/c1-20-10-14-7-4-12-9-21-16(17(24)15(12)23-14)18(25)22-8-11-2-5-13(19)6-3-11;16-11-10-9(2-1-3-13-10)8-14-12(11)15-4-6-17-7-5-15;1-16-10(15)7-8(14)6-5(9(11)13-7)3-2-4-12-6;1-7-3-2-6-11-8(12)4-5-10-9(7)11;2*1-2/h2-7,9,20,24H,8,10H2,1H3,(H,22,25);1-3,8,16H,4-7H2;2-4,14H,1H3;2-6H,1H3;2*1-2H3. The number of aromatic nitrogens is 8. The van der Waals surface area contributed by atoms with Gasteiger partial charge >= 0.3 is 5.97 Å². The molecule has 10 rings (SSSR count). The van der Waals surface area contributed by atoms with Crippen LogP contribution >= 0.6 is 11.6 Å². The van der Waals surface area contributed by atoms with Crippen molar-refractivity contribution in [3.8, 4) is 17.2 Å². The number of fused-ring (bicyclic) bond motifs is 4. The molecule has 1 aliphatic rings. The van der Waals surface area contributed by atoms with Crippen LogP contribution in [0.15, 0.2) is 121 Å². The van der Waals surface area contributed by atoms with Crippen LogP contribution in [-0.4, -0.2) is 107 Å². The van der Waals surface area contributed by atoms with E-state index in [1.807, 2.05) is 69.9 Å². The van der Waals surface area contributed by atoms with Crippen molar-refractivity contribution in [1.29, 1.82) is 0 Å². The Morgan fingerprint density at radius 3 is 2.09 bits per heavy atom. The maximum absolute atomic E-state index is 12.9. The summed E-state index contributed by atoms with van der Waals surface area (Å²) in [7, 11) is 2.99. The van der Waals surface area contributed by atoms with Gasteiger partial charge in [0.1, 0.15) is 33.2 Å². The Bertz CT molecular complexity index is 3380. The number of aromatic hydroxyl groups is 3. The van der Waals surface area contributed by atoms with Crippen molar-refractivity contribution in [3.05, 3.63) is 166 Å². The number of pyridine rings is 7. The summed E-state index contributed by atoms with van der Waals surface area (Å²) in [6, 6.07) is 21.7. The van der Waals surface area contributed by atoms with E-state index in [0.29, 0.717) is 47.4 Å². The molecule has 1 fully saturated rings. The van der Waals surface area contributed by atoms with Crippen LogP contribution in [0.2, 0.25) is 5.15 Å². The zero-order chi connectivity index (χ0) is 53.7. The summed E-state index contributed by atoms with van der Waals surface area (Å²) in [5, 5.41) is 38.1. The lowest BCUT2D eigenvalue weighted by atomic mass is 10.2. The molecule has 1 aromatic carbocycles. The number of benzene rings is 1. The molecule has 0 unspecified atom stereocenters. The van der Waals surface area contributed by atoms with E-state index in [4.69, 9.17) is 16.3 Å². The first-order valence-electron chi connectivity index (χ1n) is 23.4. The van der Waals surface area contributed by atoms with E-state index in [9.17, 15) is 34.1 Å². The fraction of sp³-hybridized carbons (Fsp3) is 0.245. The van der Waals surface area contributed by atoms with Gasteiger partial charge in [0, 0.05) is 85.6 Å². The molecular formula is C53H57ClFN11O8. The molecule has 1 aliphatic heterocycles. The predicted octanol–water partition coefficient (Wildman–Crippen LogP) is 8.13. The number of halogens is 2. The van der Waals surface area contributed by atoms with Crippen LogP contribution < -0.4 is 21.1 Å². The molecule has 1 saturated heterocycles. The minimum Gasteiger partial charge on any atom is -0.504 e. The van der Waals surface area contributed by atoms with Gasteiger partial charge in [0.2, 0.25) is 0 Å². The van der Waals surface area contributed by atoms with Crippen LogP contribution in [0.4, 0.5) is 10.2 Å². The Labute approximate surface area is 430 Å². The molecule has 0 saturated carbocycles. The Morgan fingerprint density at radius 2 is 1.41 bits per heavy atom. The summed E-state index contributed by atoms with van der Waals surface area (Å²) in [5.74, 6) is -1.45. The number of nitrogens with zero attached hydrogens (tertiary/aromatic N) is 9. The summed E-state index contributed by atoms with van der Waals surface area (Å²) in [5.41, 5.74) is 4.01. The van der Waals surface area contributed by atoms with Gasteiger partial charge in [-0.1, -0.05) is 57.5 Å². The van der Waals surface area contributed by atoms with Gasteiger partial charge in [0.15, 0.2) is 34.5 Å². The van der Waals surface area contributed by atoms with Crippen molar-refractivity contribution in [3.63, 3.8) is 0 Å². The van der Waals surface area contributed by atoms with Crippen molar-refractivity contribution in [1.82, 2.24) is 49.9 Å². The van der Waals surface area contributed by atoms with Gasteiger partial charge in [-0.2, -0.15) is 0 Å². The predicted molar refractivity (Wildman–Crippen MR) is 282 cm³/mol. The smallest absolute Gasteiger partial charge is 0.360 e. The van der Waals surface area contributed by atoms with Crippen molar-refractivity contribution < 1.29 is 38.8 Å². The van der Waals surface area contributed by atoms with Crippen molar-refractivity contribution in [2.75, 3.05) is 45.4 Å². The summed E-state index contributed by atoms with van der Waals surface area (Å²) in [6.45, 7) is 13.5. The minimum atomic E-state index is -0.757. The fourth-order valence-electron chi connectivity index (χ4n) is 6.98. The molecule has 74 heavy (non-hydrogen) atoms. The number of esters is 1. The number of rotatable bonds is 7. The number of ether oxygens (including phenoxy) is 2. The number of methoxy groups -OCH3 is 1. The van der Waals surface area contributed by atoms with Crippen LogP contribution in [0.3, 0.4) is 0 Å². The first-order valence-corrected chi connectivity index (χ1v) is 23.8. The molecule has 5 N–H and O–H groups in total. The summed E-state index contributed by atoms with van der Waals surface area (Å²) < 4.78 is 24.2. The Morgan fingerprint density at radius 1 is 0.743 bits per heavy atom. The van der Waals surface area contributed by atoms with Crippen LogP contribution in [0.5, 0.6) is 17.2 Å². The van der Waals surface area contributed by atoms with Crippen molar-refractivity contribution in [2.45, 2.75) is 47.7 Å². The summed E-state index contributed by atoms with van der Waals surface area (Å²) >= 11 is 5.87. The van der Waals surface area contributed by atoms with Crippen LogP contribution in [0, 0.1) is 12.7 Å². The first-order chi connectivity index (χ1) is 35.9. The summed E-state index contributed by atoms with van der Waals surface area (Å²) in [4.78, 5) is 65.6. The number of carbonyl (C=O) groups is 2. The molecule has 0 atom stereocenters. The largest absolute Gasteiger partial charge is 0.504 e. The average Bonchev–Trinajstić information content (AvgIpc) is 3.44. The molecule has 0 radical (unpaired) electrons. The number of anilines is 1. The number of hydrogen-bond acceptors (Lipinski definition) is 17. The second-order valence-electron chi connectivity index (χ2n) is 15.2. The highest BCUT2D eigenvalue weighted by atomic mass is 35.5. The SMILES string of the molecule is CC.CC.CNCc1ccc2cnc(C(=O)NCc3ccc(F)cc3)c(O)c2n1.COC(=O)c1nc(Cl)c2cccnc2c1O.Cc1cccn2c(=O)ccnc12.Oc1c(N2CCOCC2)ncc2cccnc12. The summed E-state index contributed by atoms with van der Waals surface area (Å²) in [6.07, 6.45) is 9.65. The molecule has 0 spiro atoms. The molecule has 8 aromatic heterocycles. The fourth-order valence-corrected chi connectivity index (χ4v) is 7.21. The molecule has 0 aliphatic carbocycles. The molecule has 19 nitrogen and oxygen atoms in total. The van der Waals surface area contributed by atoms with E-state index < -0.39 is 11.9 Å². The monoisotopic (exact) mass is 1030 g/mol. The molecule has 0 bridgehead atoms. The highest BCUT2D eigenvalue weighted by Gasteiger charge is 2.21. The number of nitrogens with one attached hydrogen (secondary N) is 2. The average molecular weight is 1030 g/mol. The Kier molecular flexibility index (Phi) is 21.3. The van der Waals surface area contributed by atoms with Crippen LogP contribution in [-0.2, 0) is 22.6 Å². The zero-order valence-electron chi connectivity index (χ0n) is 41.9. The lowest BCUT2D eigenvalue weighted by Crippen LogP contribution is -2.36. The molecular weight excluding hydrogens is 973 g/mol. The van der Waals surface area contributed by atoms with Crippen molar-refractivity contribution >= 4 is 67.7 Å². The van der Waals surface area contributed by atoms with E-state index in [-0.39, 0.29) is 57.2 Å². The number of hydrogen-bond donors (Lipinski definition) is 5. The highest BCUT2D eigenvalue weighted by molar-refractivity contribution is 6.34. The molecule has 21 heteroatoms. The van der Waals surface area contributed by atoms with Crippen LogP contribution in [0.25, 0.3) is 38.4 Å². The van der Waals surface area contributed by atoms with E-state index in [1.165, 1.54) is 48.3 Å². The topological polar surface area (TPSA) is 252 Å². The van der Waals surface area contributed by atoms with Crippen LogP contribution in [0.1, 0.15) is 65.5 Å². The quantitative estimate of drug-likeness (QED) is 0.0746. The Hall–Kier alpha value is -8.46. The number of amides is 1. The number of morpholine rings is 1. The van der Waals surface area contributed by atoms with Gasteiger partial charge in [-0.05, 0) is 79.7 Å². The number of aryl methyl sites for hydroxylation is 1. The maximum atomic E-state index is 12.9. The molecule has 9 aromatic rings. The van der Waals surface area contributed by atoms with E-state index >= 15 is 0 Å². The molecule has 386 valence electrons. The third-order valence-electron chi connectivity index (χ3n) is 10.5. The van der Waals surface area contributed by atoms with Crippen molar-refractivity contribution in [2.24, 2.45) is 0 Å². The minimum absolute atomic E-state index is 0.0382. The third-order valence-corrected chi connectivity index (χ3v) is 10.8. The van der Waals surface area contributed by atoms with Gasteiger partial charge in [-0.15, -0.1) is 0 Å². The zero-order valence-corrected chi connectivity index (χ0v) is 42.6. The van der Waals surface area contributed by atoms with Gasteiger partial charge in [-0.3, -0.25) is 24.0 Å². The lowest BCUT2D eigenvalue weighted by molar-refractivity contribution is 0.0590. The Balaban J connectivity index is 0.000000184. The van der Waals surface area contributed by atoms with Gasteiger partial charge in [-0.25, -0.2) is 34.1 Å². The normalized spacial score (nSPS) is 11.5. The van der Waals surface area contributed by atoms with E-state index in [1.54, 1.807) is 56.0 Å². The van der Waals surface area contributed by atoms with E-state index in [2.05, 4.69) is 50.3 Å². The highest BCUT2D eigenvalue weighted by Crippen LogP contribution is 2.32. The second-order valence-corrected chi connectivity index (χ2v) is 15.5. The third kappa shape index (κ3) is 14.1. The molecule has 9 heterocycles. The first kappa shape index (κ1) is 56.5. The number of carbonyl (C=O) groups excluding carboxylic acids is 2. The second kappa shape index (κ2) is 28.0. The molecule has 1 amide bonds. The lowest BCUT2D eigenvalue weighted by Gasteiger charge is -2.28. The van der Waals surface area contributed by atoms with Gasteiger partial charge in [0.05, 0.1) is 26.0 Å². The van der Waals surface area contributed by atoms with E-state index in [0.717, 1.165) is 40.9 Å². The van der Waals surface area contributed by atoms with Gasteiger partial charge < -0.3 is 40.3 Å².